The van der Waals surface area contributed by atoms with Crippen LogP contribution in [-0.4, -0.2) is 10.0 Å². The Labute approximate surface area is 93.3 Å². The first kappa shape index (κ1) is 10.9. The van der Waals surface area contributed by atoms with Crippen LogP contribution in [0, 0.1) is 25.0 Å². The molecule has 1 N–H and O–H groups in total. The lowest BCUT2D eigenvalue weighted by atomic mass is 10.1. The fourth-order valence-corrected chi connectivity index (χ4v) is 1.77. The quantitative estimate of drug-likeness (QED) is 0.510. The van der Waals surface area contributed by atoms with Gasteiger partial charge >= 0.3 is 0 Å². The van der Waals surface area contributed by atoms with Crippen LogP contribution in [0.3, 0.4) is 0 Å². The second kappa shape index (κ2) is 4.34. The molecule has 0 unspecified atom stereocenters. The van der Waals surface area contributed by atoms with Gasteiger partial charge in [0.05, 0.1) is 22.7 Å². The Morgan fingerprint density at radius 2 is 2.29 bits per heavy atom. The molecule has 0 aliphatic rings. The fourth-order valence-electron chi connectivity index (χ4n) is 1.02. The Bertz CT molecular complexity index is 425. The highest BCUT2D eigenvalue weighted by atomic mass is 127. The van der Waals surface area contributed by atoms with Crippen molar-refractivity contribution in [1.82, 2.24) is 0 Å². The number of rotatable bonds is 2. The van der Waals surface area contributed by atoms with Gasteiger partial charge in [0.2, 0.25) is 0 Å². The number of aliphatic hydroxyl groups excluding tert-OH is 1. The zero-order valence-corrected chi connectivity index (χ0v) is 9.06. The summed E-state index contributed by atoms with van der Waals surface area (Å²) in [6.45, 7) is -0.440. The molecule has 72 valence electrons. The van der Waals surface area contributed by atoms with Crippen LogP contribution in [-0.2, 0) is 6.61 Å². The third-order valence-electron chi connectivity index (χ3n) is 1.69. The molecule has 0 spiro atoms. The Hall–Kier alpha value is -1.20. The van der Waals surface area contributed by atoms with Crippen molar-refractivity contribution in [3.63, 3.8) is 0 Å². The average molecular weight is 304 g/mol. The summed E-state index contributed by atoms with van der Waals surface area (Å²) in [6, 6.07) is 4.50. The van der Waals surface area contributed by atoms with Gasteiger partial charge in [-0.3, -0.25) is 10.1 Å². The second-order valence-electron chi connectivity index (χ2n) is 2.45. The van der Waals surface area contributed by atoms with Crippen LogP contribution in [0.25, 0.3) is 0 Å². The number of aliphatic hydroxyl groups is 1. The van der Waals surface area contributed by atoms with Crippen LogP contribution in [0.15, 0.2) is 12.1 Å². The molecule has 0 radical (unpaired) electrons. The van der Waals surface area contributed by atoms with E-state index in [0.29, 0.717) is 9.13 Å². The lowest BCUT2D eigenvalue weighted by Crippen LogP contribution is -2.00. The van der Waals surface area contributed by atoms with Crippen molar-refractivity contribution in [2.24, 2.45) is 0 Å². The van der Waals surface area contributed by atoms with E-state index in [1.165, 1.54) is 12.1 Å². The Morgan fingerprint density at radius 1 is 1.64 bits per heavy atom. The van der Waals surface area contributed by atoms with Gasteiger partial charge in [0.1, 0.15) is 6.07 Å². The third kappa shape index (κ3) is 1.83. The molecule has 0 heterocycles. The smallest absolute Gasteiger partial charge is 0.276 e. The number of benzene rings is 1. The summed E-state index contributed by atoms with van der Waals surface area (Å²) < 4.78 is 0.432. The van der Waals surface area contributed by atoms with E-state index in [9.17, 15) is 10.1 Å². The minimum absolute atomic E-state index is 0.157. The molecule has 0 saturated heterocycles. The molecule has 1 rings (SSSR count). The van der Waals surface area contributed by atoms with E-state index >= 15 is 0 Å². The van der Waals surface area contributed by atoms with Crippen molar-refractivity contribution in [2.75, 3.05) is 0 Å². The van der Waals surface area contributed by atoms with Crippen LogP contribution < -0.4 is 0 Å². The first-order valence-corrected chi connectivity index (χ1v) is 4.66. The van der Waals surface area contributed by atoms with E-state index in [0.717, 1.165) is 0 Å². The van der Waals surface area contributed by atoms with Crippen molar-refractivity contribution in [2.45, 2.75) is 6.61 Å². The van der Waals surface area contributed by atoms with Gasteiger partial charge in [0, 0.05) is 9.64 Å². The highest BCUT2D eigenvalue weighted by Crippen LogP contribution is 2.26. The Balaban J connectivity index is 3.45. The number of nitro benzene ring substituents is 1. The maximum atomic E-state index is 10.5. The molecular formula is C8H5IN2O3. The first-order valence-electron chi connectivity index (χ1n) is 3.58. The van der Waals surface area contributed by atoms with Crippen LogP contribution in [0.5, 0.6) is 0 Å². The molecule has 0 saturated carbocycles. The first-order chi connectivity index (χ1) is 6.61. The summed E-state index contributed by atoms with van der Waals surface area (Å²) in [5.41, 5.74) is 0.366. The standard InChI is InChI=1S/C8H5IN2O3/c9-8-5(3-10)1-2-7(11(13)14)6(8)4-12/h1-2,12H,4H2. The van der Waals surface area contributed by atoms with E-state index in [4.69, 9.17) is 10.4 Å². The van der Waals surface area contributed by atoms with Gasteiger partial charge in [-0.1, -0.05) is 0 Å². The van der Waals surface area contributed by atoms with Crippen LogP contribution in [0.2, 0.25) is 0 Å². The van der Waals surface area contributed by atoms with Crippen molar-refractivity contribution in [3.05, 3.63) is 36.9 Å². The molecular weight excluding hydrogens is 299 g/mol. The summed E-state index contributed by atoms with van der Waals surface area (Å²) in [5, 5.41) is 28.2. The SMILES string of the molecule is N#Cc1ccc([N+](=O)[O-])c(CO)c1I. The normalized spacial score (nSPS) is 9.50. The summed E-state index contributed by atoms with van der Waals surface area (Å²) in [7, 11) is 0. The van der Waals surface area contributed by atoms with Crippen LogP contribution in [0.4, 0.5) is 5.69 Å². The minimum Gasteiger partial charge on any atom is -0.391 e. The zero-order valence-electron chi connectivity index (χ0n) is 6.90. The van der Waals surface area contributed by atoms with Crippen LogP contribution in [0.1, 0.15) is 11.1 Å². The van der Waals surface area contributed by atoms with Gasteiger partial charge in [0.25, 0.3) is 5.69 Å². The summed E-state index contributed by atoms with van der Waals surface area (Å²) >= 11 is 1.81. The van der Waals surface area contributed by atoms with Gasteiger partial charge in [-0.05, 0) is 28.7 Å². The molecule has 0 atom stereocenters. The highest BCUT2D eigenvalue weighted by Gasteiger charge is 2.18. The van der Waals surface area contributed by atoms with Gasteiger partial charge in [-0.15, -0.1) is 0 Å². The minimum atomic E-state index is -0.575. The number of nitriles is 1. The predicted molar refractivity (Wildman–Crippen MR) is 56.5 cm³/mol. The number of nitrogens with zero attached hydrogens (tertiary/aromatic N) is 2. The van der Waals surface area contributed by atoms with E-state index in [-0.39, 0.29) is 11.3 Å². The molecule has 14 heavy (non-hydrogen) atoms. The predicted octanol–water partition coefficient (Wildman–Crippen LogP) is 1.56. The molecule has 0 bridgehead atoms. The van der Waals surface area contributed by atoms with E-state index in [2.05, 4.69) is 0 Å². The van der Waals surface area contributed by atoms with Crippen molar-refractivity contribution < 1.29 is 10.0 Å². The van der Waals surface area contributed by atoms with E-state index in [1.807, 2.05) is 28.7 Å². The molecule has 1 aromatic rings. The van der Waals surface area contributed by atoms with Gasteiger partial charge < -0.3 is 5.11 Å². The number of hydrogen-bond donors (Lipinski definition) is 1. The van der Waals surface area contributed by atoms with Crippen molar-refractivity contribution in [1.29, 1.82) is 5.26 Å². The van der Waals surface area contributed by atoms with Gasteiger partial charge in [-0.25, -0.2) is 0 Å². The molecule has 6 heteroatoms. The molecule has 0 aliphatic carbocycles. The van der Waals surface area contributed by atoms with Gasteiger partial charge in [0.15, 0.2) is 0 Å². The number of nitro groups is 1. The zero-order chi connectivity index (χ0) is 10.7. The molecule has 0 amide bonds. The lowest BCUT2D eigenvalue weighted by molar-refractivity contribution is -0.386. The summed E-state index contributed by atoms with van der Waals surface area (Å²) in [4.78, 5) is 9.97. The van der Waals surface area contributed by atoms with E-state index in [1.54, 1.807) is 0 Å². The molecule has 0 fully saturated rings. The van der Waals surface area contributed by atoms with Crippen molar-refractivity contribution in [3.8, 4) is 6.07 Å². The molecule has 1 aromatic carbocycles. The average Bonchev–Trinajstić information content (AvgIpc) is 2.17. The van der Waals surface area contributed by atoms with Crippen molar-refractivity contribution >= 4 is 28.3 Å². The Kier molecular flexibility index (Phi) is 3.38. The third-order valence-corrected chi connectivity index (χ3v) is 2.93. The second-order valence-corrected chi connectivity index (χ2v) is 3.53. The Morgan fingerprint density at radius 3 is 2.71 bits per heavy atom. The monoisotopic (exact) mass is 304 g/mol. The summed E-state index contributed by atoms with van der Waals surface area (Å²) in [6.07, 6.45) is 0. The summed E-state index contributed by atoms with van der Waals surface area (Å²) in [5.74, 6) is 0. The fraction of sp³-hybridized carbons (Fsp3) is 0.125. The lowest BCUT2D eigenvalue weighted by Gasteiger charge is -2.03. The largest absolute Gasteiger partial charge is 0.391 e. The molecule has 0 aromatic heterocycles. The maximum Gasteiger partial charge on any atom is 0.276 e. The molecule has 5 nitrogen and oxygen atoms in total. The van der Waals surface area contributed by atoms with E-state index < -0.39 is 11.5 Å². The molecule has 0 aliphatic heterocycles. The highest BCUT2D eigenvalue weighted by molar-refractivity contribution is 14.1. The number of hydrogen-bond acceptors (Lipinski definition) is 4. The number of halogens is 1. The topological polar surface area (TPSA) is 87.2 Å². The maximum absolute atomic E-state index is 10.5. The van der Waals surface area contributed by atoms with Gasteiger partial charge in [-0.2, -0.15) is 5.26 Å². The van der Waals surface area contributed by atoms with Crippen LogP contribution >= 0.6 is 22.6 Å².